The molecule has 0 aromatic heterocycles. The SMILES string of the molecule is CCCC1CC1N1CCNC(C)(c2ccccc2)C1. The summed E-state index contributed by atoms with van der Waals surface area (Å²) in [5.41, 5.74) is 1.55. The first kappa shape index (κ1) is 13.1. The fraction of sp³-hybridized carbons (Fsp3) is 0.647. The van der Waals surface area contributed by atoms with Crippen molar-refractivity contribution in [1.82, 2.24) is 10.2 Å². The summed E-state index contributed by atoms with van der Waals surface area (Å²) in [4.78, 5) is 2.73. The Bertz CT molecular complexity index is 417. The minimum Gasteiger partial charge on any atom is -0.305 e. The van der Waals surface area contributed by atoms with E-state index in [9.17, 15) is 0 Å². The van der Waals surface area contributed by atoms with E-state index in [0.717, 1.165) is 25.0 Å². The summed E-state index contributed by atoms with van der Waals surface area (Å²) in [5, 5.41) is 3.73. The van der Waals surface area contributed by atoms with E-state index in [1.54, 1.807) is 0 Å². The molecule has 0 amide bonds. The number of nitrogens with zero attached hydrogens (tertiary/aromatic N) is 1. The first-order chi connectivity index (χ1) is 9.23. The van der Waals surface area contributed by atoms with Crippen molar-refractivity contribution in [2.75, 3.05) is 19.6 Å². The van der Waals surface area contributed by atoms with Crippen LogP contribution in [-0.2, 0) is 5.54 Å². The van der Waals surface area contributed by atoms with Crippen LogP contribution in [0, 0.1) is 5.92 Å². The van der Waals surface area contributed by atoms with E-state index < -0.39 is 0 Å². The highest BCUT2D eigenvalue weighted by molar-refractivity contribution is 5.25. The predicted molar refractivity (Wildman–Crippen MR) is 80.2 cm³/mol. The van der Waals surface area contributed by atoms with Crippen LogP contribution in [0.3, 0.4) is 0 Å². The van der Waals surface area contributed by atoms with Crippen molar-refractivity contribution in [2.45, 2.75) is 44.7 Å². The number of rotatable bonds is 4. The van der Waals surface area contributed by atoms with Gasteiger partial charge in [0.1, 0.15) is 0 Å². The van der Waals surface area contributed by atoms with Crippen molar-refractivity contribution in [3.63, 3.8) is 0 Å². The Hall–Kier alpha value is -0.860. The lowest BCUT2D eigenvalue weighted by molar-refractivity contribution is 0.129. The van der Waals surface area contributed by atoms with Gasteiger partial charge in [-0.15, -0.1) is 0 Å². The van der Waals surface area contributed by atoms with Gasteiger partial charge in [-0.3, -0.25) is 4.90 Å². The summed E-state index contributed by atoms with van der Waals surface area (Å²) < 4.78 is 0. The zero-order valence-electron chi connectivity index (χ0n) is 12.2. The molecule has 19 heavy (non-hydrogen) atoms. The van der Waals surface area contributed by atoms with Gasteiger partial charge in [-0.25, -0.2) is 0 Å². The summed E-state index contributed by atoms with van der Waals surface area (Å²) >= 11 is 0. The molecule has 3 rings (SSSR count). The van der Waals surface area contributed by atoms with Crippen LogP contribution < -0.4 is 5.32 Å². The highest BCUT2D eigenvalue weighted by atomic mass is 15.3. The molecule has 1 heterocycles. The number of hydrogen-bond donors (Lipinski definition) is 1. The minimum absolute atomic E-state index is 0.124. The molecule has 2 heteroatoms. The molecule has 2 nitrogen and oxygen atoms in total. The first-order valence-electron chi connectivity index (χ1n) is 7.77. The van der Waals surface area contributed by atoms with Crippen molar-refractivity contribution in [2.24, 2.45) is 5.92 Å². The number of hydrogen-bond acceptors (Lipinski definition) is 2. The molecule has 1 saturated carbocycles. The lowest BCUT2D eigenvalue weighted by Crippen LogP contribution is -2.57. The lowest BCUT2D eigenvalue weighted by Gasteiger charge is -2.42. The Balaban J connectivity index is 1.68. The normalized spacial score (nSPS) is 35.3. The molecule has 104 valence electrons. The molecule has 1 aromatic carbocycles. The third kappa shape index (κ3) is 2.70. The van der Waals surface area contributed by atoms with E-state index in [1.807, 2.05) is 0 Å². The van der Waals surface area contributed by atoms with E-state index in [1.165, 1.54) is 31.4 Å². The highest BCUT2D eigenvalue weighted by Crippen LogP contribution is 2.41. The number of nitrogens with one attached hydrogen (secondary N) is 1. The molecule has 2 fully saturated rings. The molecule has 0 bridgehead atoms. The molecule has 0 radical (unpaired) electrons. The molecule has 1 aliphatic carbocycles. The Morgan fingerprint density at radius 1 is 1.32 bits per heavy atom. The van der Waals surface area contributed by atoms with Crippen LogP contribution in [0.15, 0.2) is 30.3 Å². The Kier molecular flexibility index (Phi) is 3.64. The summed E-state index contributed by atoms with van der Waals surface area (Å²) in [5.74, 6) is 0.975. The van der Waals surface area contributed by atoms with Crippen LogP contribution in [0.1, 0.15) is 38.7 Å². The van der Waals surface area contributed by atoms with Gasteiger partial charge in [-0.1, -0.05) is 43.7 Å². The highest BCUT2D eigenvalue weighted by Gasteiger charge is 2.44. The monoisotopic (exact) mass is 258 g/mol. The van der Waals surface area contributed by atoms with E-state index >= 15 is 0 Å². The summed E-state index contributed by atoms with van der Waals surface area (Å²) in [6.07, 6.45) is 4.18. The molecule has 1 aromatic rings. The Labute approximate surface area is 117 Å². The van der Waals surface area contributed by atoms with Crippen LogP contribution >= 0.6 is 0 Å². The van der Waals surface area contributed by atoms with E-state index in [0.29, 0.717) is 0 Å². The van der Waals surface area contributed by atoms with Crippen molar-refractivity contribution in [3.8, 4) is 0 Å². The topological polar surface area (TPSA) is 15.3 Å². The lowest BCUT2D eigenvalue weighted by atomic mass is 9.89. The van der Waals surface area contributed by atoms with Gasteiger partial charge in [0.05, 0.1) is 5.54 Å². The second-order valence-electron chi connectivity index (χ2n) is 6.45. The molecular formula is C17H26N2. The van der Waals surface area contributed by atoms with E-state index in [4.69, 9.17) is 0 Å². The molecule has 1 N–H and O–H groups in total. The summed E-state index contributed by atoms with van der Waals surface area (Å²) in [7, 11) is 0. The first-order valence-corrected chi connectivity index (χ1v) is 7.77. The zero-order valence-corrected chi connectivity index (χ0v) is 12.2. The Morgan fingerprint density at radius 2 is 2.11 bits per heavy atom. The summed E-state index contributed by atoms with van der Waals surface area (Å²) in [6, 6.07) is 11.8. The van der Waals surface area contributed by atoms with Crippen molar-refractivity contribution in [1.29, 1.82) is 0 Å². The minimum atomic E-state index is 0.124. The molecule has 3 atom stereocenters. The second-order valence-corrected chi connectivity index (χ2v) is 6.45. The fourth-order valence-electron chi connectivity index (χ4n) is 3.66. The Morgan fingerprint density at radius 3 is 2.84 bits per heavy atom. The fourth-order valence-corrected chi connectivity index (χ4v) is 3.66. The van der Waals surface area contributed by atoms with Gasteiger partial charge >= 0.3 is 0 Å². The predicted octanol–water partition coefficient (Wildman–Crippen LogP) is 3.00. The van der Waals surface area contributed by atoms with E-state index in [2.05, 4.69) is 54.4 Å². The molecule has 0 spiro atoms. The quantitative estimate of drug-likeness (QED) is 0.893. The number of benzene rings is 1. The van der Waals surface area contributed by atoms with Crippen molar-refractivity contribution < 1.29 is 0 Å². The van der Waals surface area contributed by atoms with Gasteiger partial charge in [0, 0.05) is 25.7 Å². The third-order valence-electron chi connectivity index (χ3n) is 4.86. The number of piperazine rings is 1. The maximum absolute atomic E-state index is 3.73. The van der Waals surface area contributed by atoms with Gasteiger partial charge < -0.3 is 5.32 Å². The van der Waals surface area contributed by atoms with Crippen LogP contribution in [0.2, 0.25) is 0 Å². The van der Waals surface area contributed by atoms with Crippen LogP contribution in [-0.4, -0.2) is 30.6 Å². The molecular weight excluding hydrogens is 232 g/mol. The largest absolute Gasteiger partial charge is 0.305 e. The van der Waals surface area contributed by atoms with Gasteiger partial charge in [0.25, 0.3) is 0 Å². The van der Waals surface area contributed by atoms with Crippen LogP contribution in [0.25, 0.3) is 0 Å². The molecule has 1 aliphatic heterocycles. The van der Waals surface area contributed by atoms with Crippen molar-refractivity contribution in [3.05, 3.63) is 35.9 Å². The average Bonchev–Trinajstić information content (AvgIpc) is 3.20. The van der Waals surface area contributed by atoms with Crippen LogP contribution in [0.5, 0.6) is 0 Å². The molecule has 1 saturated heterocycles. The van der Waals surface area contributed by atoms with Gasteiger partial charge in [0.15, 0.2) is 0 Å². The van der Waals surface area contributed by atoms with Gasteiger partial charge in [-0.2, -0.15) is 0 Å². The van der Waals surface area contributed by atoms with Crippen LogP contribution in [0.4, 0.5) is 0 Å². The smallest absolute Gasteiger partial charge is 0.0535 e. The van der Waals surface area contributed by atoms with Gasteiger partial charge in [0.2, 0.25) is 0 Å². The van der Waals surface area contributed by atoms with E-state index in [-0.39, 0.29) is 5.54 Å². The molecule has 2 aliphatic rings. The van der Waals surface area contributed by atoms with Crippen molar-refractivity contribution >= 4 is 0 Å². The zero-order chi connectivity index (χ0) is 13.3. The average molecular weight is 258 g/mol. The summed E-state index contributed by atoms with van der Waals surface area (Å²) in [6.45, 7) is 8.14. The standard InChI is InChI=1S/C17H26N2/c1-3-7-14-12-16(14)19-11-10-18-17(2,13-19)15-8-5-4-6-9-15/h4-6,8-9,14,16,18H,3,7,10-13H2,1-2H3. The maximum atomic E-state index is 3.73. The third-order valence-corrected chi connectivity index (χ3v) is 4.86. The molecule has 3 unspecified atom stereocenters. The second kappa shape index (κ2) is 5.26. The van der Waals surface area contributed by atoms with Gasteiger partial charge in [-0.05, 0) is 31.2 Å². The maximum Gasteiger partial charge on any atom is 0.0535 e.